The first kappa shape index (κ1) is 22.7. The van der Waals surface area contributed by atoms with E-state index in [0.717, 1.165) is 19.4 Å². The van der Waals surface area contributed by atoms with E-state index in [1.54, 1.807) is 19.1 Å². The lowest BCUT2D eigenvalue weighted by atomic mass is 9.97. The van der Waals surface area contributed by atoms with Crippen LogP contribution in [0.3, 0.4) is 0 Å². The lowest BCUT2D eigenvalue weighted by Crippen LogP contribution is -2.45. The summed E-state index contributed by atoms with van der Waals surface area (Å²) in [6.07, 6.45) is 2.07. The van der Waals surface area contributed by atoms with E-state index in [0.29, 0.717) is 24.8 Å². The number of carbonyl (C=O) groups excluding carboxylic acids is 1. The van der Waals surface area contributed by atoms with Crippen LogP contribution in [0, 0.1) is 11.8 Å². The van der Waals surface area contributed by atoms with Crippen LogP contribution in [0.4, 0.5) is 0 Å². The monoisotopic (exact) mass is 404 g/mol. The molecule has 0 aromatic heterocycles. The number of nitrogens with one attached hydrogen (secondary N) is 1. The minimum atomic E-state index is -3.51. The number of benzene rings is 1. The van der Waals surface area contributed by atoms with Gasteiger partial charge in [0.1, 0.15) is 5.75 Å². The van der Waals surface area contributed by atoms with Gasteiger partial charge in [-0.15, -0.1) is 12.4 Å². The summed E-state index contributed by atoms with van der Waals surface area (Å²) in [5.74, 6) is 0.240. The third-order valence-corrected chi connectivity index (χ3v) is 6.56. The van der Waals surface area contributed by atoms with Crippen molar-refractivity contribution in [3.8, 4) is 5.75 Å². The quantitative estimate of drug-likeness (QED) is 0.752. The molecule has 2 rings (SSSR count). The number of hydrogen-bond donors (Lipinski definition) is 1. The third-order valence-electron chi connectivity index (χ3n) is 4.63. The molecular formula is C18H29ClN2O4S. The van der Waals surface area contributed by atoms with E-state index in [1.165, 1.54) is 19.2 Å². The van der Waals surface area contributed by atoms with Crippen LogP contribution in [0.15, 0.2) is 29.2 Å². The maximum Gasteiger partial charge on any atom is 0.226 e. The van der Waals surface area contributed by atoms with Gasteiger partial charge in [-0.05, 0) is 56.6 Å². The molecule has 1 N–H and O–H groups in total. The highest BCUT2D eigenvalue weighted by molar-refractivity contribution is 7.91. The Morgan fingerprint density at radius 2 is 2.00 bits per heavy atom. The van der Waals surface area contributed by atoms with Crippen LogP contribution in [-0.4, -0.2) is 58.8 Å². The standard InChI is InChI=1S/C18H28N2O4S.ClH/c1-14(18(21)20-10-4-5-15(12-20)11-19-2)13-25(22,23)17-8-6-16(24-3)7-9-17;/h6-9,14-15,19H,4-5,10-13H2,1-3H3;1H. The number of ether oxygens (including phenoxy) is 1. The number of nitrogens with zero attached hydrogens (tertiary/aromatic N) is 1. The molecule has 26 heavy (non-hydrogen) atoms. The van der Waals surface area contributed by atoms with Crippen molar-refractivity contribution >= 4 is 28.2 Å². The molecule has 1 heterocycles. The van der Waals surface area contributed by atoms with Gasteiger partial charge in [-0.25, -0.2) is 8.42 Å². The highest BCUT2D eigenvalue weighted by atomic mass is 35.5. The van der Waals surface area contributed by atoms with Gasteiger partial charge in [0.05, 0.1) is 17.8 Å². The summed E-state index contributed by atoms with van der Waals surface area (Å²) in [4.78, 5) is 14.7. The first-order valence-corrected chi connectivity index (χ1v) is 10.3. The van der Waals surface area contributed by atoms with Gasteiger partial charge in [0.15, 0.2) is 9.84 Å². The summed E-state index contributed by atoms with van der Waals surface area (Å²) < 4.78 is 30.2. The lowest BCUT2D eigenvalue weighted by Gasteiger charge is -2.34. The van der Waals surface area contributed by atoms with Crippen molar-refractivity contribution in [2.75, 3.05) is 39.5 Å². The predicted octanol–water partition coefficient (Wildman–Crippen LogP) is 1.98. The molecule has 1 aliphatic rings. The highest BCUT2D eigenvalue weighted by Crippen LogP contribution is 2.21. The SMILES string of the molecule is CNCC1CCCN(C(=O)C(C)CS(=O)(=O)c2ccc(OC)cc2)C1.Cl. The van der Waals surface area contributed by atoms with Gasteiger partial charge in [-0.2, -0.15) is 0 Å². The van der Waals surface area contributed by atoms with Gasteiger partial charge in [-0.3, -0.25) is 4.79 Å². The molecule has 0 radical (unpaired) electrons. The smallest absolute Gasteiger partial charge is 0.226 e. The Kier molecular flexibility index (Phi) is 8.86. The summed E-state index contributed by atoms with van der Waals surface area (Å²) >= 11 is 0. The molecule has 6 nitrogen and oxygen atoms in total. The van der Waals surface area contributed by atoms with Crippen LogP contribution in [0.1, 0.15) is 19.8 Å². The van der Waals surface area contributed by atoms with Gasteiger partial charge in [0.25, 0.3) is 0 Å². The number of halogens is 1. The highest BCUT2D eigenvalue weighted by Gasteiger charge is 2.29. The predicted molar refractivity (Wildman–Crippen MR) is 105 cm³/mol. The van der Waals surface area contributed by atoms with Gasteiger partial charge >= 0.3 is 0 Å². The normalized spacial score (nSPS) is 18.7. The number of amides is 1. The number of sulfone groups is 1. The second-order valence-corrected chi connectivity index (χ2v) is 8.74. The molecule has 0 saturated carbocycles. The van der Waals surface area contributed by atoms with Gasteiger partial charge in [-0.1, -0.05) is 6.92 Å². The number of carbonyl (C=O) groups is 1. The van der Waals surface area contributed by atoms with Crippen molar-refractivity contribution in [3.05, 3.63) is 24.3 Å². The first-order chi connectivity index (χ1) is 11.9. The summed E-state index contributed by atoms with van der Waals surface area (Å²) in [5, 5.41) is 3.15. The third kappa shape index (κ3) is 5.86. The molecule has 2 unspecified atom stereocenters. The van der Waals surface area contributed by atoms with Crippen molar-refractivity contribution in [1.82, 2.24) is 10.2 Å². The molecular weight excluding hydrogens is 376 g/mol. The summed E-state index contributed by atoms with van der Waals surface area (Å²) in [6, 6.07) is 6.28. The van der Waals surface area contributed by atoms with Crippen LogP contribution in [-0.2, 0) is 14.6 Å². The van der Waals surface area contributed by atoms with E-state index in [4.69, 9.17) is 4.74 Å². The average molecular weight is 405 g/mol. The molecule has 148 valence electrons. The first-order valence-electron chi connectivity index (χ1n) is 8.67. The van der Waals surface area contributed by atoms with E-state index >= 15 is 0 Å². The summed E-state index contributed by atoms with van der Waals surface area (Å²) in [5.41, 5.74) is 0. The maximum atomic E-state index is 12.7. The fourth-order valence-electron chi connectivity index (χ4n) is 3.31. The number of piperidine rings is 1. The van der Waals surface area contributed by atoms with E-state index in [2.05, 4.69) is 5.32 Å². The van der Waals surface area contributed by atoms with Crippen LogP contribution in [0.25, 0.3) is 0 Å². The fraction of sp³-hybridized carbons (Fsp3) is 0.611. The topological polar surface area (TPSA) is 75.7 Å². The molecule has 1 aromatic rings. The van der Waals surface area contributed by atoms with Crippen LogP contribution in [0.2, 0.25) is 0 Å². The summed E-state index contributed by atoms with van der Waals surface area (Å²) in [7, 11) is -0.0678. The maximum absolute atomic E-state index is 12.7. The number of likely N-dealkylation sites (tertiary alicyclic amines) is 1. The molecule has 0 spiro atoms. The number of rotatable bonds is 7. The largest absolute Gasteiger partial charge is 0.497 e. The molecule has 1 saturated heterocycles. The second-order valence-electron chi connectivity index (χ2n) is 6.71. The molecule has 8 heteroatoms. The molecule has 1 amide bonds. The molecule has 0 bridgehead atoms. The molecule has 1 aliphatic heterocycles. The van der Waals surface area contributed by atoms with Crippen molar-refractivity contribution < 1.29 is 17.9 Å². The van der Waals surface area contributed by atoms with E-state index in [-0.39, 0.29) is 29.0 Å². The Morgan fingerprint density at radius 1 is 1.35 bits per heavy atom. The van der Waals surface area contributed by atoms with Crippen LogP contribution in [0.5, 0.6) is 5.75 Å². The molecule has 0 aliphatic carbocycles. The van der Waals surface area contributed by atoms with Crippen molar-refractivity contribution in [1.29, 1.82) is 0 Å². The Labute approximate surface area is 162 Å². The Hall–Kier alpha value is -1.31. The Morgan fingerprint density at radius 3 is 2.58 bits per heavy atom. The van der Waals surface area contributed by atoms with Gasteiger partial charge < -0.3 is 15.0 Å². The van der Waals surface area contributed by atoms with Crippen molar-refractivity contribution in [2.24, 2.45) is 11.8 Å². The van der Waals surface area contributed by atoms with Crippen LogP contribution < -0.4 is 10.1 Å². The van der Waals surface area contributed by atoms with Crippen molar-refractivity contribution in [3.63, 3.8) is 0 Å². The van der Waals surface area contributed by atoms with Crippen LogP contribution >= 0.6 is 12.4 Å². The zero-order valence-electron chi connectivity index (χ0n) is 15.6. The van der Waals surface area contributed by atoms with Gasteiger partial charge in [0.2, 0.25) is 5.91 Å². The molecule has 2 atom stereocenters. The average Bonchev–Trinajstić information content (AvgIpc) is 2.61. The number of hydrogen-bond acceptors (Lipinski definition) is 5. The van der Waals surface area contributed by atoms with E-state index in [9.17, 15) is 13.2 Å². The zero-order chi connectivity index (χ0) is 18.4. The van der Waals surface area contributed by atoms with Gasteiger partial charge in [0, 0.05) is 19.0 Å². The lowest BCUT2D eigenvalue weighted by molar-refractivity contribution is -0.136. The van der Waals surface area contributed by atoms with Crippen molar-refractivity contribution in [2.45, 2.75) is 24.7 Å². The molecule has 1 aromatic carbocycles. The molecule has 1 fully saturated rings. The zero-order valence-corrected chi connectivity index (χ0v) is 17.2. The fourth-order valence-corrected chi connectivity index (χ4v) is 4.86. The van der Waals surface area contributed by atoms with E-state index in [1.807, 2.05) is 11.9 Å². The van der Waals surface area contributed by atoms with E-state index < -0.39 is 15.8 Å². The minimum absolute atomic E-state index is 0. The Bertz CT molecular complexity index is 677. The number of methoxy groups -OCH3 is 1. The second kappa shape index (κ2) is 10.1. The minimum Gasteiger partial charge on any atom is -0.497 e. The summed E-state index contributed by atoms with van der Waals surface area (Å²) in [6.45, 7) is 3.99. The Balaban J connectivity index is 0.00000338.